The zero-order valence-corrected chi connectivity index (χ0v) is 26.3. The number of methoxy groups -OCH3 is 1. The van der Waals surface area contributed by atoms with E-state index in [1.54, 1.807) is 13.3 Å². The van der Waals surface area contributed by atoms with Crippen molar-refractivity contribution >= 4 is 38.7 Å². The first-order chi connectivity index (χ1) is 22.4. The van der Waals surface area contributed by atoms with Crippen molar-refractivity contribution in [3.05, 3.63) is 65.4 Å². The number of likely N-dealkylation sites (tertiary alicyclic amines) is 1. The van der Waals surface area contributed by atoms with Crippen LogP contribution in [0, 0.1) is 20.8 Å². The number of benzene rings is 2. The van der Waals surface area contributed by atoms with E-state index in [1.807, 2.05) is 51.1 Å². The fraction of sp³-hybridized carbons (Fsp3) is 0.343. The molecule has 1 amide bonds. The van der Waals surface area contributed by atoms with Crippen molar-refractivity contribution in [1.82, 2.24) is 35.3 Å². The molecule has 0 bridgehead atoms. The van der Waals surface area contributed by atoms with Gasteiger partial charge in [-0.1, -0.05) is 17.3 Å². The number of hydrogen-bond acceptors (Lipinski definition) is 9. The van der Waals surface area contributed by atoms with E-state index in [2.05, 4.69) is 26.4 Å². The Morgan fingerprint density at radius 3 is 2.59 bits per heavy atom. The third-order valence-corrected chi connectivity index (χ3v) is 9.46. The molecular weight excluding hydrogens is 582 g/mol. The van der Waals surface area contributed by atoms with Crippen molar-refractivity contribution in [3.8, 4) is 28.1 Å². The van der Waals surface area contributed by atoms with E-state index in [9.17, 15) is 4.79 Å². The van der Waals surface area contributed by atoms with Gasteiger partial charge in [0.15, 0.2) is 0 Å². The molecule has 0 radical (unpaired) electrons. The lowest BCUT2D eigenvalue weighted by atomic mass is 9.96. The first kappa shape index (κ1) is 28.6. The van der Waals surface area contributed by atoms with Crippen molar-refractivity contribution in [3.63, 3.8) is 0 Å². The average Bonchev–Trinajstić information content (AvgIpc) is 3.56. The van der Waals surface area contributed by atoms with Gasteiger partial charge in [0, 0.05) is 52.7 Å². The molecule has 2 aromatic carbocycles. The van der Waals surface area contributed by atoms with Gasteiger partial charge >= 0.3 is 0 Å². The van der Waals surface area contributed by atoms with Crippen molar-refractivity contribution in [2.24, 2.45) is 0 Å². The Labute approximate surface area is 265 Å². The third kappa shape index (κ3) is 4.69. The van der Waals surface area contributed by atoms with E-state index in [4.69, 9.17) is 28.9 Å². The Balaban J connectivity index is 1.20. The molecule has 0 saturated carbocycles. The number of aromatic nitrogens is 5. The lowest BCUT2D eigenvalue weighted by Gasteiger charge is -2.41. The van der Waals surface area contributed by atoms with Gasteiger partial charge < -0.3 is 24.3 Å². The quantitative estimate of drug-likeness (QED) is 0.248. The van der Waals surface area contributed by atoms with Crippen LogP contribution in [0.3, 0.4) is 0 Å². The van der Waals surface area contributed by atoms with Gasteiger partial charge in [0.05, 0.1) is 59.8 Å². The Morgan fingerprint density at radius 1 is 1.04 bits per heavy atom. The smallest absolute Gasteiger partial charge is 0.253 e. The van der Waals surface area contributed by atoms with Crippen LogP contribution in [0.4, 0.5) is 0 Å². The van der Waals surface area contributed by atoms with Gasteiger partial charge in [-0.3, -0.25) is 14.7 Å². The normalized spacial score (nSPS) is 16.3. The molecule has 8 rings (SSSR count). The topological polar surface area (TPSA) is 131 Å². The number of aryl methyl sites for hydroxylation is 3. The van der Waals surface area contributed by atoms with Crippen LogP contribution < -0.4 is 10.1 Å². The molecule has 46 heavy (non-hydrogen) atoms. The fourth-order valence-corrected chi connectivity index (χ4v) is 7.03. The van der Waals surface area contributed by atoms with Crippen molar-refractivity contribution in [2.75, 3.05) is 33.4 Å². The van der Waals surface area contributed by atoms with Crippen LogP contribution >= 0.6 is 0 Å². The lowest BCUT2D eigenvalue weighted by molar-refractivity contribution is -0.0716. The molecule has 0 spiro atoms. The van der Waals surface area contributed by atoms with Gasteiger partial charge in [0.1, 0.15) is 23.0 Å². The number of carbonyl (C=O) groups excluding carboxylic acids is 1. The number of nitrogens with one attached hydrogen (secondary N) is 2. The summed E-state index contributed by atoms with van der Waals surface area (Å²) in [6.45, 7) is 9.27. The van der Waals surface area contributed by atoms with Crippen LogP contribution in [0.5, 0.6) is 5.75 Å². The summed E-state index contributed by atoms with van der Waals surface area (Å²) in [5, 5.41) is 10.1. The molecule has 11 nitrogen and oxygen atoms in total. The van der Waals surface area contributed by atoms with Crippen LogP contribution in [-0.4, -0.2) is 81.4 Å². The molecule has 4 aromatic heterocycles. The Hall–Kier alpha value is -4.87. The fourth-order valence-electron chi connectivity index (χ4n) is 7.03. The van der Waals surface area contributed by atoms with Gasteiger partial charge in [0.2, 0.25) is 0 Å². The predicted molar refractivity (Wildman–Crippen MR) is 175 cm³/mol. The summed E-state index contributed by atoms with van der Waals surface area (Å²) in [6.07, 6.45) is 3.58. The van der Waals surface area contributed by atoms with Gasteiger partial charge in [-0.2, -0.15) is 0 Å². The number of H-pyrrole nitrogens is 1. The maximum absolute atomic E-state index is 13.7. The van der Waals surface area contributed by atoms with Gasteiger partial charge in [-0.05, 0) is 57.9 Å². The van der Waals surface area contributed by atoms with Gasteiger partial charge in [0.25, 0.3) is 5.91 Å². The van der Waals surface area contributed by atoms with Crippen LogP contribution in [-0.2, 0) is 4.74 Å². The molecule has 11 heteroatoms. The zero-order valence-electron chi connectivity index (χ0n) is 26.3. The van der Waals surface area contributed by atoms with E-state index >= 15 is 0 Å². The Bertz CT molecular complexity index is 2120. The van der Waals surface area contributed by atoms with Gasteiger partial charge in [-0.25, -0.2) is 9.97 Å². The summed E-state index contributed by atoms with van der Waals surface area (Å²) in [4.78, 5) is 34.1. The number of carbonyl (C=O) groups is 1. The minimum Gasteiger partial charge on any atom is -0.496 e. The second kappa shape index (κ2) is 11.2. The van der Waals surface area contributed by atoms with E-state index in [1.165, 1.54) is 0 Å². The molecule has 0 atom stereocenters. The number of nitrogens with zero attached hydrogens (tertiary/aromatic N) is 5. The van der Waals surface area contributed by atoms with Crippen molar-refractivity contribution in [2.45, 2.75) is 45.7 Å². The minimum absolute atomic E-state index is 0.103. The Morgan fingerprint density at radius 2 is 1.87 bits per heavy atom. The predicted octanol–water partition coefficient (Wildman–Crippen LogP) is 5.51. The summed E-state index contributed by atoms with van der Waals surface area (Å²) >= 11 is 0. The first-order valence-electron chi connectivity index (χ1n) is 15.7. The highest BCUT2D eigenvalue weighted by molar-refractivity contribution is 6.17. The van der Waals surface area contributed by atoms with Crippen LogP contribution in [0.25, 0.3) is 55.2 Å². The molecule has 2 aliphatic rings. The van der Waals surface area contributed by atoms with Crippen molar-refractivity contribution in [1.29, 1.82) is 0 Å². The number of ether oxygens (including phenoxy) is 2. The number of pyridine rings is 1. The summed E-state index contributed by atoms with van der Waals surface area (Å²) < 4.78 is 16.7. The second-order valence-corrected chi connectivity index (χ2v) is 12.3. The molecule has 0 aliphatic carbocycles. The van der Waals surface area contributed by atoms with Crippen LogP contribution in [0.2, 0.25) is 0 Å². The van der Waals surface area contributed by atoms with Crippen LogP contribution in [0.15, 0.2) is 47.1 Å². The highest BCUT2D eigenvalue weighted by Gasteiger charge is 2.30. The van der Waals surface area contributed by atoms with E-state index in [0.717, 1.165) is 94.7 Å². The SMILES string of the molecule is COc1cc2c(cc1-c1c(C)noc1C)[nH]c1nc(C)nc(-c3ccc(C(=O)NC4CCN(C5COC5)CC4)c4ncccc34)c12. The number of rotatable bonds is 6. The monoisotopic (exact) mass is 617 g/mol. The van der Waals surface area contributed by atoms with Crippen molar-refractivity contribution < 1.29 is 18.8 Å². The largest absolute Gasteiger partial charge is 0.496 e. The third-order valence-electron chi connectivity index (χ3n) is 9.46. The number of hydrogen-bond donors (Lipinski definition) is 2. The standard InChI is InChI=1S/C35H35N7O4/c1-18-30(19(2)46-41-18)27-14-28-26(15-29(27)44-4)31-33(37-20(3)38-34(31)40-28)24-7-8-25(32-23(24)6-5-11-36-32)35(43)39-21-9-12-42(13-10-21)22-16-45-17-22/h5-8,11,14-15,21-22H,9-10,12-13,16-17H2,1-4H3,(H,39,43)(H,37,38,40). The molecule has 234 valence electrons. The van der Waals surface area contributed by atoms with Crippen LogP contribution in [0.1, 0.15) is 40.5 Å². The molecule has 6 aromatic rings. The molecule has 2 N–H and O–H groups in total. The summed E-state index contributed by atoms with van der Waals surface area (Å²) in [5.74, 6) is 1.94. The highest BCUT2D eigenvalue weighted by Crippen LogP contribution is 2.42. The Kier molecular flexibility index (Phi) is 6.95. The number of fused-ring (bicyclic) bond motifs is 4. The maximum Gasteiger partial charge on any atom is 0.253 e. The van der Waals surface area contributed by atoms with E-state index < -0.39 is 0 Å². The summed E-state index contributed by atoms with van der Waals surface area (Å²) in [7, 11) is 1.66. The maximum atomic E-state index is 13.7. The molecule has 2 aliphatic heterocycles. The number of piperidine rings is 1. The molecular formula is C35H35N7O4. The zero-order chi connectivity index (χ0) is 31.5. The molecule has 6 heterocycles. The van der Waals surface area contributed by atoms with E-state index in [-0.39, 0.29) is 11.9 Å². The number of aromatic amines is 1. The highest BCUT2D eigenvalue weighted by atomic mass is 16.5. The minimum atomic E-state index is -0.103. The first-order valence-corrected chi connectivity index (χ1v) is 15.7. The summed E-state index contributed by atoms with van der Waals surface area (Å²) in [6, 6.07) is 12.5. The molecule has 2 saturated heterocycles. The van der Waals surface area contributed by atoms with E-state index in [0.29, 0.717) is 34.3 Å². The molecule has 2 fully saturated rings. The lowest BCUT2D eigenvalue weighted by Crippen LogP contribution is -2.54. The summed E-state index contributed by atoms with van der Waals surface area (Å²) in [5.41, 5.74) is 7.03. The second-order valence-electron chi connectivity index (χ2n) is 12.3. The average molecular weight is 618 g/mol. The van der Waals surface area contributed by atoms with Gasteiger partial charge in [-0.15, -0.1) is 0 Å². The molecule has 0 unspecified atom stereocenters. The number of amides is 1.